The molecule has 2 radical (unpaired) electrons. The second-order valence-electron chi connectivity index (χ2n) is 2.89. The summed E-state index contributed by atoms with van der Waals surface area (Å²) in [7, 11) is 5.58. The third-order valence-electron chi connectivity index (χ3n) is 0.629. The molecule has 1 N–H and O–H groups in total. The van der Waals surface area contributed by atoms with Gasteiger partial charge in [-0.15, -0.1) is 0 Å². The van der Waals surface area contributed by atoms with Crippen molar-refractivity contribution in [1.82, 2.24) is 5.09 Å². The largest absolute Gasteiger partial charge is 0.443 e. The Morgan fingerprint density at radius 3 is 2.55 bits per heavy atom. The van der Waals surface area contributed by atoms with Gasteiger partial charge in [-0.2, -0.15) is 0 Å². The summed E-state index contributed by atoms with van der Waals surface area (Å²) in [6, 6.07) is 0. The number of amides is 1. The van der Waals surface area contributed by atoms with Gasteiger partial charge in [-0.25, -0.2) is 4.79 Å². The SMILES string of the molecule is [B]C=PNC(=O)OC(C)(C)C. The Bertz CT molecular complexity index is 164. The molecule has 0 atom stereocenters. The quantitative estimate of drug-likeness (QED) is 0.476. The average Bonchev–Trinajstić information content (AvgIpc) is 1.79. The third kappa shape index (κ3) is 7.40. The first-order chi connectivity index (χ1) is 4.95. The molecule has 1 amide bonds. The van der Waals surface area contributed by atoms with Crippen LogP contribution in [0.15, 0.2) is 0 Å². The number of carbonyl (C=O) groups excluding carboxylic acids is 1. The minimum absolute atomic E-state index is 0.450. The molecule has 5 heteroatoms. The van der Waals surface area contributed by atoms with E-state index >= 15 is 0 Å². The van der Waals surface area contributed by atoms with E-state index in [-0.39, 0.29) is 0 Å². The second-order valence-corrected chi connectivity index (χ2v) is 3.67. The van der Waals surface area contributed by atoms with E-state index in [0.29, 0.717) is 8.35 Å². The van der Waals surface area contributed by atoms with Crippen molar-refractivity contribution in [2.45, 2.75) is 26.4 Å². The zero-order valence-electron chi connectivity index (χ0n) is 6.92. The Morgan fingerprint density at radius 1 is 1.64 bits per heavy atom. The standard InChI is InChI=1S/C6H11BNO2P/c1-6(2,3)10-5(9)8-11-4-7/h4H,1-3H3,(H,8,9). The number of hydrogen-bond acceptors (Lipinski definition) is 2. The van der Waals surface area contributed by atoms with Crippen LogP contribution in [0.4, 0.5) is 4.79 Å². The number of hydrogen-bond donors (Lipinski definition) is 1. The molecule has 0 unspecified atom stereocenters. The lowest BCUT2D eigenvalue weighted by atomic mass is 10.2. The average molecular weight is 171 g/mol. The highest BCUT2D eigenvalue weighted by Crippen LogP contribution is 2.06. The van der Waals surface area contributed by atoms with Crippen LogP contribution in [0.2, 0.25) is 0 Å². The molecule has 0 spiro atoms. The van der Waals surface area contributed by atoms with Gasteiger partial charge in [-0.05, 0) is 20.8 Å². The van der Waals surface area contributed by atoms with Crippen LogP contribution in [0, 0.1) is 0 Å². The molecule has 0 heterocycles. The highest BCUT2D eigenvalue weighted by Gasteiger charge is 2.14. The predicted molar refractivity (Wildman–Crippen MR) is 48.1 cm³/mol. The number of carbonyl (C=O) groups is 1. The molecule has 0 aliphatic carbocycles. The van der Waals surface area contributed by atoms with E-state index in [1.165, 1.54) is 5.70 Å². The van der Waals surface area contributed by atoms with Crippen LogP contribution in [0.3, 0.4) is 0 Å². The smallest absolute Gasteiger partial charge is 0.415 e. The van der Waals surface area contributed by atoms with Crippen LogP contribution in [-0.4, -0.2) is 25.2 Å². The molecular weight excluding hydrogens is 160 g/mol. The normalized spacial score (nSPS) is 11.5. The van der Waals surface area contributed by atoms with Gasteiger partial charge in [-0.1, -0.05) is 5.70 Å². The van der Waals surface area contributed by atoms with Crippen molar-refractivity contribution in [3.05, 3.63) is 0 Å². The molecular formula is C6H11BNO2P. The van der Waals surface area contributed by atoms with Crippen molar-refractivity contribution in [3.8, 4) is 0 Å². The Labute approximate surface area is 69.8 Å². The van der Waals surface area contributed by atoms with E-state index in [0.717, 1.165) is 0 Å². The zero-order valence-corrected chi connectivity index (χ0v) is 7.81. The lowest BCUT2D eigenvalue weighted by Crippen LogP contribution is -2.28. The Hall–Kier alpha value is -0.495. The van der Waals surface area contributed by atoms with Gasteiger partial charge >= 0.3 is 6.09 Å². The molecule has 60 valence electrons. The summed E-state index contributed by atoms with van der Waals surface area (Å²) in [6.45, 7) is 5.40. The molecule has 0 saturated heterocycles. The lowest BCUT2D eigenvalue weighted by Gasteiger charge is -2.18. The van der Waals surface area contributed by atoms with E-state index < -0.39 is 11.7 Å². The fourth-order valence-corrected chi connectivity index (χ4v) is 0.616. The molecule has 0 bridgehead atoms. The topological polar surface area (TPSA) is 38.3 Å². The molecule has 0 aliphatic rings. The van der Waals surface area contributed by atoms with Crippen molar-refractivity contribution in [2.24, 2.45) is 0 Å². The van der Waals surface area contributed by atoms with Crippen LogP contribution in [0.5, 0.6) is 0 Å². The fourth-order valence-electron chi connectivity index (χ4n) is 0.391. The second kappa shape index (κ2) is 4.40. The van der Waals surface area contributed by atoms with Crippen LogP contribution < -0.4 is 5.09 Å². The van der Waals surface area contributed by atoms with Crippen molar-refractivity contribution in [1.29, 1.82) is 0 Å². The van der Waals surface area contributed by atoms with Crippen LogP contribution >= 0.6 is 8.35 Å². The van der Waals surface area contributed by atoms with Crippen LogP contribution in [-0.2, 0) is 4.74 Å². The van der Waals surface area contributed by atoms with Gasteiger partial charge in [0.1, 0.15) is 13.4 Å². The Balaban J connectivity index is 3.70. The maximum atomic E-state index is 10.8. The summed E-state index contributed by atoms with van der Waals surface area (Å²) in [4.78, 5) is 10.8. The summed E-state index contributed by atoms with van der Waals surface area (Å²) >= 11 is 0. The van der Waals surface area contributed by atoms with Gasteiger partial charge in [0.15, 0.2) is 0 Å². The van der Waals surface area contributed by atoms with Gasteiger partial charge in [0.2, 0.25) is 0 Å². The first-order valence-corrected chi connectivity index (χ1v) is 4.14. The maximum Gasteiger partial charge on any atom is 0.415 e. The highest BCUT2D eigenvalue weighted by atomic mass is 31.1. The summed E-state index contributed by atoms with van der Waals surface area (Å²) in [6.07, 6.45) is -0.458. The minimum atomic E-state index is -0.458. The maximum absolute atomic E-state index is 10.8. The lowest BCUT2D eigenvalue weighted by molar-refractivity contribution is 0.0574. The van der Waals surface area contributed by atoms with Crippen molar-refractivity contribution >= 4 is 28.0 Å². The summed E-state index contributed by atoms with van der Waals surface area (Å²) < 4.78 is 4.91. The molecule has 0 aromatic heterocycles. The summed E-state index contributed by atoms with van der Waals surface area (Å²) in [5.41, 5.74) is 0.873. The van der Waals surface area contributed by atoms with E-state index in [2.05, 4.69) is 5.09 Å². The van der Waals surface area contributed by atoms with Crippen LogP contribution in [0.25, 0.3) is 0 Å². The van der Waals surface area contributed by atoms with E-state index in [9.17, 15) is 4.79 Å². The van der Waals surface area contributed by atoms with Gasteiger partial charge in [0.05, 0.1) is 0 Å². The monoisotopic (exact) mass is 171 g/mol. The molecule has 0 fully saturated rings. The Kier molecular flexibility index (Phi) is 4.20. The van der Waals surface area contributed by atoms with Gasteiger partial charge in [0, 0.05) is 8.35 Å². The Morgan fingerprint density at radius 2 is 2.18 bits per heavy atom. The van der Waals surface area contributed by atoms with Gasteiger partial charge in [-0.3, -0.25) is 5.09 Å². The summed E-state index contributed by atoms with van der Waals surface area (Å²) in [5.74, 6) is 0. The first-order valence-electron chi connectivity index (χ1n) is 3.18. The van der Waals surface area contributed by atoms with Crippen molar-refractivity contribution < 1.29 is 9.53 Å². The third-order valence-corrected chi connectivity index (χ3v) is 1.09. The molecule has 0 aromatic rings. The van der Waals surface area contributed by atoms with E-state index in [1.807, 2.05) is 0 Å². The molecule has 0 saturated carbocycles. The van der Waals surface area contributed by atoms with E-state index in [4.69, 9.17) is 12.6 Å². The molecule has 11 heavy (non-hydrogen) atoms. The fraction of sp³-hybridized carbons (Fsp3) is 0.667. The van der Waals surface area contributed by atoms with Crippen LogP contribution in [0.1, 0.15) is 20.8 Å². The molecule has 0 aliphatic heterocycles. The highest BCUT2D eigenvalue weighted by molar-refractivity contribution is 7.41. The zero-order chi connectivity index (χ0) is 8.91. The molecule has 0 aromatic carbocycles. The van der Waals surface area contributed by atoms with E-state index in [1.54, 1.807) is 20.8 Å². The molecule has 0 rings (SSSR count). The predicted octanol–water partition coefficient (Wildman–Crippen LogP) is 1.30. The first kappa shape index (κ1) is 10.5. The molecule has 3 nitrogen and oxygen atoms in total. The van der Waals surface area contributed by atoms with Crippen molar-refractivity contribution in [2.75, 3.05) is 0 Å². The van der Waals surface area contributed by atoms with Crippen molar-refractivity contribution in [3.63, 3.8) is 0 Å². The summed E-state index contributed by atoms with van der Waals surface area (Å²) in [5, 5.41) is 2.42. The van der Waals surface area contributed by atoms with Gasteiger partial charge < -0.3 is 4.74 Å². The minimum Gasteiger partial charge on any atom is -0.443 e. The number of rotatable bonds is 1. The number of ether oxygens (including phenoxy) is 1. The van der Waals surface area contributed by atoms with Gasteiger partial charge in [0.25, 0.3) is 0 Å². The number of nitrogens with one attached hydrogen (secondary N) is 1.